The van der Waals surface area contributed by atoms with Crippen LogP contribution in [-0.2, 0) is 11.3 Å². The van der Waals surface area contributed by atoms with Gasteiger partial charge in [0.15, 0.2) is 5.96 Å². The Hall–Kier alpha value is -2.73. The van der Waals surface area contributed by atoms with Gasteiger partial charge in [-0.3, -0.25) is 4.99 Å². The molecule has 2 N–H and O–H groups in total. The molecule has 3 rings (SSSR count). The fourth-order valence-corrected chi connectivity index (χ4v) is 3.40. The van der Waals surface area contributed by atoms with Gasteiger partial charge < -0.3 is 24.8 Å². The van der Waals surface area contributed by atoms with Gasteiger partial charge in [-0.25, -0.2) is 0 Å². The van der Waals surface area contributed by atoms with E-state index in [4.69, 9.17) is 14.2 Å². The van der Waals surface area contributed by atoms with E-state index >= 15 is 0 Å². The molecule has 1 aliphatic heterocycles. The number of unbranched alkanes of at least 4 members (excludes halogenated alkanes) is 1. The molecule has 2 aromatic rings. The molecule has 0 amide bonds. The van der Waals surface area contributed by atoms with Crippen molar-refractivity contribution in [2.75, 3.05) is 40.0 Å². The molecule has 1 unspecified atom stereocenters. The van der Waals surface area contributed by atoms with Crippen molar-refractivity contribution in [2.45, 2.75) is 32.7 Å². The summed E-state index contributed by atoms with van der Waals surface area (Å²) < 4.78 is 17.3. The maximum absolute atomic E-state index is 6.14. The van der Waals surface area contributed by atoms with E-state index in [9.17, 15) is 0 Å². The van der Waals surface area contributed by atoms with E-state index in [1.165, 1.54) is 5.56 Å². The molecular formula is C25H35N3O3. The molecular weight excluding hydrogens is 390 g/mol. The van der Waals surface area contributed by atoms with Crippen molar-refractivity contribution in [1.82, 2.24) is 10.6 Å². The molecule has 1 fully saturated rings. The molecule has 0 aromatic heterocycles. The molecule has 0 saturated carbocycles. The van der Waals surface area contributed by atoms with Crippen LogP contribution in [0.1, 0.15) is 30.4 Å². The van der Waals surface area contributed by atoms with Crippen LogP contribution in [0.15, 0.2) is 53.5 Å². The van der Waals surface area contributed by atoms with E-state index in [0.717, 1.165) is 62.0 Å². The number of aliphatic imine (C=N–C) groups is 1. The number of ether oxygens (including phenoxy) is 3. The zero-order chi connectivity index (χ0) is 21.7. The lowest BCUT2D eigenvalue weighted by atomic mass is 10.1. The van der Waals surface area contributed by atoms with Crippen molar-refractivity contribution in [1.29, 1.82) is 0 Å². The first-order valence-electron chi connectivity index (χ1n) is 11.2. The van der Waals surface area contributed by atoms with Crippen LogP contribution in [0.4, 0.5) is 0 Å². The zero-order valence-electron chi connectivity index (χ0n) is 18.7. The Labute approximate surface area is 186 Å². The summed E-state index contributed by atoms with van der Waals surface area (Å²) in [5, 5.41) is 6.77. The molecule has 0 bridgehead atoms. The summed E-state index contributed by atoms with van der Waals surface area (Å²) in [7, 11) is 1.79. The highest BCUT2D eigenvalue weighted by Crippen LogP contribution is 2.22. The normalized spacial score (nSPS) is 16.2. The third-order valence-electron chi connectivity index (χ3n) is 5.27. The zero-order valence-corrected chi connectivity index (χ0v) is 18.7. The van der Waals surface area contributed by atoms with Crippen molar-refractivity contribution < 1.29 is 14.2 Å². The molecule has 1 saturated heterocycles. The predicted octanol–water partition coefficient (Wildman–Crippen LogP) is 3.93. The van der Waals surface area contributed by atoms with Crippen LogP contribution in [0.2, 0.25) is 0 Å². The van der Waals surface area contributed by atoms with E-state index in [1.807, 2.05) is 30.3 Å². The van der Waals surface area contributed by atoms with Gasteiger partial charge in [0.05, 0.1) is 19.8 Å². The van der Waals surface area contributed by atoms with Crippen LogP contribution in [0.5, 0.6) is 11.5 Å². The number of para-hydroxylation sites is 1. The minimum absolute atomic E-state index is 0.488. The van der Waals surface area contributed by atoms with Gasteiger partial charge in [0.2, 0.25) is 0 Å². The van der Waals surface area contributed by atoms with Gasteiger partial charge in [-0.05, 0) is 49.9 Å². The van der Waals surface area contributed by atoms with Gasteiger partial charge in [-0.2, -0.15) is 0 Å². The minimum atomic E-state index is 0.488. The second kappa shape index (κ2) is 12.8. The minimum Gasteiger partial charge on any atom is -0.494 e. The molecule has 6 nitrogen and oxygen atoms in total. The largest absolute Gasteiger partial charge is 0.494 e. The first kappa shape index (κ1) is 22.9. The molecule has 168 valence electrons. The van der Waals surface area contributed by atoms with Gasteiger partial charge in [-0.1, -0.05) is 30.3 Å². The Morgan fingerprint density at radius 3 is 2.74 bits per heavy atom. The standard InChI is InChI=1S/C25H35N3O3/c1-20-10-11-22(24(16-20)31-19-21-12-15-29-18-21)17-28-25(26-2)27-13-6-7-14-30-23-8-4-3-5-9-23/h3-5,8-11,16,21H,6-7,12-15,17-19H2,1-2H3,(H2,26,27,28). The van der Waals surface area contributed by atoms with Crippen molar-refractivity contribution in [2.24, 2.45) is 10.9 Å². The summed E-state index contributed by atoms with van der Waals surface area (Å²) in [6.45, 7) is 6.65. The summed E-state index contributed by atoms with van der Waals surface area (Å²) >= 11 is 0. The van der Waals surface area contributed by atoms with E-state index in [2.05, 4.69) is 40.7 Å². The van der Waals surface area contributed by atoms with Gasteiger partial charge in [0.1, 0.15) is 11.5 Å². The smallest absolute Gasteiger partial charge is 0.191 e. The van der Waals surface area contributed by atoms with E-state index in [0.29, 0.717) is 25.7 Å². The average Bonchev–Trinajstić information content (AvgIpc) is 3.32. The van der Waals surface area contributed by atoms with E-state index in [-0.39, 0.29) is 0 Å². The summed E-state index contributed by atoms with van der Waals surface area (Å²) in [4.78, 5) is 4.33. The molecule has 1 aliphatic rings. The maximum Gasteiger partial charge on any atom is 0.191 e. The van der Waals surface area contributed by atoms with Gasteiger partial charge >= 0.3 is 0 Å². The van der Waals surface area contributed by atoms with Crippen molar-refractivity contribution >= 4 is 5.96 Å². The Bertz CT molecular complexity index is 805. The Morgan fingerprint density at radius 2 is 1.97 bits per heavy atom. The number of rotatable bonds is 11. The van der Waals surface area contributed by atoms with Crippen molar-refractivity contribution in [3.63, 3.8) is 0 Å². The van der Waals surface area contributed by atoms with E-state index in [1.54, 1.807) is 7.05 Å². The van der Waals surface area contributed by atoms with Crippen LogP contribution in [0.25, 0.3) is 0 Å². The summed E-state index contributed by atoms with van der Waals surface area (Å²) in [6.07, 6.45) is 3.07. The monoisotopic (exact) mass is 425 g/mol. The number of aryl methyl sites for hydroxylation is 1. The molecule has 0 radical (unpaired) electrons. The van der Waals surface area contributed by atoms with Gasteiger partial charge in [-0.15, -0.1) is 0 Å². The Balaban J connectivity index is 1.37. The molecule has 31 heavy (non-hydrogen) atoms. The highest BCUT2D eigenvalue weighted by molar-refractivity contribution is 5.79. The maximum atomic E-state index is 6.14. The fraction of sp³-hybridized carbons (Fsp3) is 0.480. The molecule has 0 spiro atoms. The summed E-state index contributed by atoms with van der Waals surface area (Å²) in [5.74, 6) is 3.14. The topological polar surface area (TPSA) is 64.1 Å². The van der Waals surface area contributed by atoms with Crippen LogP contribution in [0.3, 0.4) is 0 Å². The fourth-order valence-electron chi connectivity index (χ4n) is 3.40. The average molecular weight is 426 g/mol. The molecule has 6 heteroatoms. The lowest BCUT2D eigenvalue weighted by Crippen LogP contribution is -2.37. The number of hydrogen-bond donors (Lipinski definition) is 2. The van der Waals surface area contributed by atoms with E-state index < -0.39 is 0 Å². The Morgan fingerprint density at radius 1 is 1.10 bits per heavy atom. The lowest BCUT2D eigenvalue weighted by Gasteiger charge is -2.17. The van der Waals surface area contributed by atoms with Crippen molar-refractivity contribution in [3.8, 4) is 11.5 Å². The van der Waals surface area contributed by atoms with Crippen LogP contribution >= 0.6 is 0 Å². The third-order valence-corrected chi connectivity index (χ3v) is 5.27. The number of guanidine groups is 1. The first-order chi connectivity index (χ1) is 15.2. The molecule has 2 aromatic carbocycles. The number of nitrogens with one attached hydrogen (secondary N) is 2. The molecule has 1 heterocycles. The van der Waals surface area contributed by atoms with Gasteiger partial charge in [0.25, 0.3) is 0 Å². The highest BCUT2D eigenvalue weighted by atomic mass is 16.5. The van der Waals surface area contributed by atoms with Gasteiger partial charge in [0, 0.05) is 38.2 Å². The SMILES string of the molecule is CN=C(NCCCCOc1ccccc1)NCc1ccc(C)cc1OCC1CCOC1. The van der Waals surface area contributed by atoms with Crippen LogP contribution in [-0.4, -0.2) is 46.0 Å². The molecule has 1 atom stereocenters. The predicted molar refractivity (Wildman–Crippen MR) is 125 cm³/mol. The summed E-state index contributed by atoms with van der Waals surface area (Å²) in [5.41, 5.74) is 2.32. The lowest BCUT2D eigenvalue weighted by molar-refractivity contribution is 0.166. The number of benzene rings is 2. The highest BCUT2D eigenvalue weighted by Gasteiger charge is 2.17. The second-order valence-electron chi connectivity index (χ2n) is 7.87. The number of nitrogens with zero attached hydrogens (tertiary/aromatic N) is 1. The second-order valence-corrected chi connectivity index (χ2v) is 7.87. The molecule has 0 aliphatic carbocycles. The van der Waals surface area contributed by atoms with Crippen LogP contribution in [0, 0.1) is 12.8 Å². The van der Waals surface area contributed by atoms with Crippen LogP contribution < -0.4 is 20.1 Å². The van der Waals surface area contributed by atoms with Crippen molar-refractivity contribution in [3.05, 3.63) is 59.7 Å². The quantitative estimate of drug-likeness (QED) is 0.324. The first-order valence-corrected chi connectivity index (χ1v) is 11.2. The number of hydrogen-bond acceptors (Lipinski definition) is 4. The Kier molecular flexibility index (Phi) is 9.51. The summed E-state index contributed by atoms with van der Waals surface area (Å²) in [6, 6.07) is 16.3. The third kappa shape index (κ3) is 8.13.